The van der Waals surface area contributed by atoms with Crippen LogP contribution in [0.15, 0.2) is 42.5 Å². The first kappa shape index (κ1) is 17.1. The first-order chi connectivity index (χ1) is 12.0. The summed E-state index contributed by atoms with van der Waals surface area (Å²) in [5, 5.41) is 0. The molecule has 3 rings (SSSR count). The van der Waals surface area contributed by atoms with Gasteiger partial charge in [0.25, 0.3) is 0 Å². The Hall–Kier alpha value is -2.71. The van der Waals surface area contributed by atoms with Gasteiger partial charge in [-0.05, 0) is 51.7 Å². The third-order valence-corrected chi connectivity index (χ3v) is 4.50. The van der Waals surface area contributed by atoms with Gasteiger partial charge in [-0.15, -0.1) is 0 Å². The molecule has 0 fully saturated rings. The molecule has 25 heavy (non-hydrogen) atoms. The van der Waals surface area contributed by atoms with Crippen LogP contribution in [0.25, 0.3) is 4.85 Å². The normalized spacial score (nSPS) is 18.8. The molecule has 0 bridgehead atoms. The van der Waals surface area contributed by atoms with Crippen molar-refractivity contribution in [3.8, 4) is 0 Å². The number of cyclic esters (lactones) is 1. The quantitative estimate of drug-likeness (QED) is 0.607. The maximum Gasteiger partial charge on any atom is 0.338 e. The molecule has 0 N–H and O–H groups in total. The largest absolute Gasteiger partial charge is 0.446 e. The minimum absolute atomic E-state index is 0.333. The highest BCUT2D eigenvalue weighted by atomic mass is 19.1. The van der Waals surface area contributed by atoms with Crippen LogP contribution in [0.3, 0.4) is 0 Å². The SMILES string of the molecule is [C-]#[N+]c1ccc2c(c1)C(=O)OC2(CCCN(C)C)c1ccc(F)cc1. The maximum absolute atomic E-state index is 13.4. The van der Waals surface area contributed by atoms with Gasteiger partial charge in [0.2, 0.25) is 0 Å². The molecule has 1 unspecified atom stereocenters. The maximum atomic E-state index is 13.4. The fraction of sp³-hybridized carbons (Fsp3) is 0.300. The van der Waals surface area contributed by atoms with Crippen molar-refractivity contribution in [2.75, 3.05) is 20.6 Å². The summed E-state index contributed by atoms with van der Waals surface area (Å²) in [7, 11) is 3.97. The molecule has 2 aromatic carbocycles. The number of carbonyl (C=O) groups excluding carboxylic acids is 1. The number of halogens is 1. The number of esters is 1. The van der Waals surface area contributed by atoms with Gasteiger partial charge < -0.3 is 9.64 Å². The Morgan fingerprint density at radius 2 is 1.92 bits per heavy atom. The zero-order chi connectivity index (χ0) is 18.0. The van der Waals surface area contributed by atoms with Crippen LogP contribution in [-0.2, 0) is 10.3 Å². The van der Waals surface area contributed by atoms with Gasteiger partial charge in [-0.2, -0.15) is 0 Å². The Morgan fingerprint density at radius 1 is 1.20 bits per heavy atom. The van der Waals surface area contributed by atoms with Crippen molar-refractivity contribution in [3.05, 3.63) is 76.4 Å². The molecular formula is C20H19FN2O2. The molecule has 1 heterocycles. The molecule has 0 saturated carbocycles. The highest BCUT2D eigenvalue weighted by Gasteiger charge is 2.46. The fourth-order valence-corrected chi connectivity index (χ4v) is 3.30. The van der Waals surface area contributed by atoms with Crippen molar-refractivity contribution in [1.82, 2.24) is 4.90 Å². The number of fused-ring (bicyclic) bond motifs is 1. The lowest BCUT2D eigenvalue weighted by atomic mass is 9.82. The molecule has 0 aromatic heterocycles. The first-order valence-electron chi connectivity index (χ1n) is 8.12. The van der Waals surface area contributed by atoms with Crippen molar-refractivity contribution >= 4 is 11.7 Å². The van der Waals surface area contributed by atoms with Crippen molar-refractivity contribution in [2.24, 2.45) is 0 Å². The molecule has 4 nitrogen and oxygen atoms in total. The predicted molar refractivity (Wildman–Crippen MR) is 93.1 cm³/mol. The van der Waals surface area contributed by atoms with E-state index in [-0.39, 0.29) is 5.82 Å². The standard InChI is InChI=1S/C20H19FN2O2/c1-22-16-9-10-18-17(13-16)19(24)25-20(18,11-4-12-23(2)3)14-5-7-15(21)8-6-14/h5-10,13H,4,11-12H2,2-3H3. The average molecular weight is 338 g/mol. The molecule has 128 valence electrons. The number of rotatable bonds is 5. The number of ether oxygens (including phenoxy) is 1. The third-order valence-electron chi connectivity index (χ3n) is 4.50. The first-order valence-corrected chi connectivity index (χ1v) is 8.12. The van der Waals surface area contributed by atoms with Crippen LogP contribution in [0.5, 0.6) is 0 Å². The lowest BCUT2D eigenvalue weighted by Gasteiger charge is -2.30. The zero-order valence-electron chi connectivity index (χ0n) is 14.3. The van der Waals surface area contributed by atoms with E-state index < -0.39 is 11.6 Å². The summed E-state index contributed by atoms with van der Waals surface area (Å²) >= 11 is 0. The van der Waals surface area contributed by atoms with Gasteiger partial charge in [0.1, 0.15) is 5.82 Å². The summed E-state index contributed by atoms with van der Waals surface area (Å²) in [6.07, 6.45) is 1.40. The third kappa shape index (κ3) is 3.13. The van der Waals surface area contributed by atoms with E-state index in [9.17, 15) is 9.18 Å². The van der Waals surface area contributed by atoms with Crippen LogP contribution < -0.4 is 0 Å². The fourth-order valence-electron chi connectivity index (χ4n) is 3.30. The van der Waals surface area contributed by atoms with Gasteiger partial charge in [-0.1, -0.05) is 24.3 Å². The van der Waals surface area contributed by atoms with Crippen molar-refractivity contribution < 1.29 is 13.9 Å². The van der Waals surface area contributed by atoms with Crippen LogP contribution in [0.2, 0.25) is 0 Å². The second kappa shape index (κ2) is 6.66. The van der Waals surface area contributed by atoms with E-state index in [4.69, 9.17) is 11.3 Å². The van der Waals surface area contributed by atoms with E-state index >= 15 is 0 Å². The minimum atomic E-state index is -0.934. The van der Waals surface area contributed by atoms with Gasteiger partial charge in [0.05, 0.1) is 12.1 Å². The molecule has 5 heteroatoms. The molecule has 2 aromatic rings. The molecule has 0 spiro atoms. The molecular weight excluding hydrogens is 319 g/mol. The Kier molecular flexibility index (Phi) is 4.56. The number of carbonyl (C=O) groups is 1. The summed E-state index contributed by atoms with van der Waals surface area (Å²) in [6.45, 7) is 7.99. The van der Waals surface area contributed by atoms with Crippen LogP contribution in [0.4, 0.5) is 10.1 Å². The Balaban J connectivity index is 2.09. The Morgan fingerprint density at radius 3 is 2.56 bits per heavy atom. The van der Waals surface area contributed by atoms with E-state index in [2.05, 4.69) is 9.74 Å². The minimum Gasteiger partial charge on any atom is -0.446 e. The smallest absolute Gasteiger partial charge is 0.338 e. The van der Waals surface area contributed by atoms with Gasteiger partial charge in [0, 0.05) is 11.1 Å². The van der Waals surface area contributed by atoms with E-state index in [1.165, 1.54) is 12.1 Å². The van der Waals surface area contributed by atoms with E-state index in [1.807, 2.05) is 14.1 Å². The zero-order valence-corrected chi connectivity index (χ0v) is 14.3. The van der Waals surface area contributed by atoms with E-state index in [1.54, 1.807) is 30.3 Å². The second-order valence-corrected chi connectivity index (χ2v) is 6.47. The van der Waals surface area contributed by atoms with Crippen molar-refractivity contribution in [2.45, 2.75) is 18.4 Å². The van der Waals surface area contributed by atoms with Crippen LogP contribution in [0.1, 0.15) is 34.3 Å². The van der Waals surface area contributed by atoms with Crippen LogP contribution >= 0.6 is 0 Å². The second-order valence-electron chi connectivity index (χ2n) is 6.47. The average Bonchev–Trinajstić information content (AvgIpc) is 2.88. The van der Waals surface area contributed by atoms with E-state index in [0.717, 1.165) is 24.1 Å². The summed E-state index contributed by atoms with van der Waals surface area (Å²) in [4.78, 5) is 17.9. The topological polar surface area (TPSA) is 33.9 Å². The van der Waals surface area contributed by atoms with Gasteiger partial charge in [-0.3, -0.25) is 0 Å². The number of hydrogen-bond donors (Lipinski definition) is 0. The van der Waals surface area contributed by atoms with Crippen LogP contribution in [0, 0.1) is 12.4 Å². The highest BCUT2D eigenvalue weighted by molar-refractivity contribution is 5.96. The molecule has 1 atom stereocenters. The lowest BCUT2D eigenvalue weighted by Crippen LogP contribution is -2.29. The summed E-state index contributed by atoms with van der Waals surface area (Å²) in [5.74, 6) is -0.769. The monoisotopic (exact) mass is 338 g/mol. The van der Waals surface area contributed by atoms with E-state index in [0.29, 0.717) is 17.7 Å². The summed E-state index contributed by atoms with van der Waals surface area (Å²) in [5.41, 5.74) is 1.38. The number of hydrogen-bond acceptors (Lipinski definition) is 3. The Labute approximate surface area is 146 Å². The molecule has 0 saturated heterocycles. The number of benzene rings is 2. The lowest BCUT2D eigenvalue weighted by molar-refractivity contribution is 0.00582. The predicted octanol–water partition coefficient (Wildman–Crippen LogP) is 4.13. The van der Waals surface area contributed by atoms with Crippen LogP contribution in [-0.4, -0.2) is 31.5 Å². The van der Waals surface area contributed by atoms with Gasteiger partial charge in [0.15, 0.2) is 11.3 Å². The van der Waals surface area contributed by atoms with Crippen molar-refractivity contribution in [3.63, 3.8) is 0 Å². The summed E-state index contributed by atoms with van der Waals surface area (Å²) < 4.78 is 19.2. The molecule has 0 amide bonds. The summed E-state index contributed by atoms with van der Waals surface area (Å²) in [6, 6.07) is 11.1. The highest BCUT2D eigenvalue weighted by Crippen LogP contribution is 2.46. The number of nitrogens with zero attached hydrogens (tertiary/aromatic N) is 2. The molecule has 1 aliphatic heterocycles. The molecule has 0 radical (unpaired) electrons. The van der Waals surface area contributed by atoms with Crippen molar-refractivity contribution in [1.29, 1.82) is 0 Å². The van der Waals surface area contributed by atoms with Gasteiger partial charge in [-0.25, -0.2) is 14.0 Å². The molecule has 1 aliphatic rings. The van der Waals surface area contributed by atoms with Gasteiger partial charge >= 0.3 is 5.97 Å². The molecule has 0 aliphatic carbocycles. The Bertz CT molecular complexity index is 840.